The van der Waals surface area contributed by atoms with Crippen LogP contribution >= 0.6 is 0 Å². The van der Waals surface area contributed by atoms with Crippen LogP contribution in [0.4, 0.5) is 5.69 Å². The van der Waals surface area contributed by atoms with Crippen LogP contribution in [0.3, 0.4) is 0 Å². The monoisotopic (exact) mass is 443 g/mol. The van der Waals surface area contributed by atoms with Gasteiger partial charge in [0.05, 0.1) is 5.69 Å². The Morgan fingerprint density at radius 1 is 0.765 bits per heavy atom. The molecule has 164 valence electrons. The van der Waals surface area contributed by atoms with Crippen molar-refractivity contribution in [1.82, 2.24) is 9.99 Å². The van der Waals surface area contributed by atoms with E-state index >= 15 is 0 Å². The predicted molar refractivity (Wildman–Crippen MR) is 135 cm³/mol. The fourth-order valence-corrected chi connectivity index (χ4v) is 4.53. The van der Waals surface area contributed by atoms with Gasteiger partial charge in [-0.2, -0.15) is 0 Å². The molecule has 4 aromatic carbocycles. The van der Waals surface area contributed by atoms with Gasteiger partial charge in [-0.1, -0.05) is 72.8 Å². The first-order valence-electron chi connectivity index (χ1n) is 11.2. The minimum absolute atomic E-state index is 0.123. The highest BCUT2D eigenvalue weighted by Gasteiger charge is 2.34. The summed E-state index contributed by atoms with van der Waals surface area (Å²) in [5.41, 5.74) is 6.49. The van der Waals surface area contributed by atoms with Gasteiger partial charge in [-0.25, -0.2) is 5.01 Å². The maximum atomic E-state index is 13.0. The van der Waals surface area contributed by atoms with Crippen molar-refractivity contribution in [3.05, 3.63) is 120 Å². The molecule has 5 aromatic rings. The molecule has 5 nitrogen and oxygen atoms in total. The molecule has 0 saturated carbocycles. The highest BCUT2D eigenvalue weighted by Crippen LogP contribution is 2.27. The van der Waals surface area contributed by atoms with Crippen molar-refractivity contribution >= 4 is 45.3 Å². The molecule has 6 rings (SSSR count). The smallest absolute Gasteiger partial charge is 0.282 e. The molecule has 0 atom stereocenters. The number of nitrogens with one attached hydrogen (secondary N) is 1. The minimum atomic E-state index is -0.403. The van der Waals surface area contributed by atoms with Crippen LogP contribution in [0.5, 0.6) is 0 Å². The molecular weight excluding hydrogens is 422 g/mol. The second-order valence-corrected chi connectivity index (χ2v) is 8.39. The Hall–Kier alpha value is -4.64. The van der Waals surface area contributed by atoms with Crippen molar-refractivity contribution in [3.8, 4) is 0 Å². The topological polar surface area (TPSA) is 54.3 Å². The zero-order valence-corrected chi connectivity index (χ0v) is 18.3. The fourth-order valence-electron chi connectivity index (χ4n) is 4.53. The number of aromatic nitrogens is 1. The molecular formula is C29H21N3O2. The molecule has 1 aliphatic heterocycles. The normalized spacial score (nSPS) is 14.9. The van der Waals surface area contributed by atoms with Gasteiger partial charge in [0.1, 0.15) is 5.57 Å². The van der Waals surface area contributed by atoms with Crippen molar-refractivity contribution in [2.75, 3.05) is 5.01 Å². The number of hydrogen-bond donors (Lipinski definition) is 1. The summed E-state index contributed by atoms with van der Waals surface area (Å²) in [7, 11) is 0. The molecule has 1 saturated heterocycles. The van der Waals surface area contributed by atoms with Crippen LogP contribution in [0, 0.1) is 0 Å². The van der Waals surface area contributed by atoms with Crippen molar-refractivity contribution in [2.45, 2.75) is 6.54 Å². The number of rotatable bonds is 4. The molecule has 1 aromatic heterocycles. The van der Waals surface area contributed by atoms with Crippen LogP contribution in [-0.2, 0) is 16.1 Å². The van der Waals surface area contributed by atoms with Crippen molar-refractivity contribution in [3.63, 3.8) is 0 Å². The molecule has 1 fully saturated rings. The van der Waals surface area contributed by atoms with Crippen molar-refractivity contribution < 1.29 is 9.59 Å². The molecule has 0 radical (unpaired) electrons. The highest BCUT2D eigenvalue weighted by molar-refractivity contribution is 6.32. The number of amides is 2. The Morgan fingerprint density at radius 3 is 2.35 bits per heavy atom. The van der Waals surface area contributed by atoms with Crippen molar-refractivity contribution in [2.24, 2.45) is 0 Å². The van der Waals surface area contributed by atoms with Crippen LogP contribution < -0.4 is 10.4 Å². The lowest BCUT2D eigenvalue weighted by Gasteiger charge is -2.13. The Balaban J connectivity index is 1.38. The van der Waals surface area contributed by atoms with E-state index in [-0.39, 0.29) is 11.5 Å². The van der Waals surface area contributed by atoms with E-state index in [1.165, 1.54) is 21.3 Å². The van der Waals surface area contributed by atoms with E-state index in [9.17, 15) is 9.59 Å². The number of fused-ring (bicyclic) bond motifs is 2. The van der Waals surface area contributed by atoms with Gasteiger partial charge in [0.15, 0.2) is 0 Å². The molecule has 34 heavy (non-hydrogen) atoms. The SMILES string of the molecule is O=C1NN(c2ccccc2)C(=O)/C1=C/c1cn(Cc2ccc3ccccc3c2)c2ccccc12. The summed E-state index contributed by atoms with van der Waals surface area (Å²) in [6.45, 7) is 0.685. The van der Waals surface area contributed by atoms with Crippen molar-refractivity contribution in [1.29, 1.82) is 0 Å². The van der Waals surface area contributed by atoms with E-state index in [0.717, 1.165) is 16.5 Å². The number of carbonyl (C=O) groups excluding carboxylic acids is 2. The third-order valence-corrected chi connectivity index (χ3v) is 6.19. The Morgan fingerprint density at radius 2 is 1.50 bits per heavy atom. The molecule has 2 amide bonds. The lowest BCUT2D eigenvalue weighted by Crippen LogP contribution is -2.35. The maximum absolute atomic E-state index is 13.0. The first-order valence-corrected chi connectivity index (χ1v) is 11.2. The average molecular weight is 444 g/mol. The summed E-state index contributed by atoms with van der Waals surface area (Å²) < 4.78 is 2.16. The lowest BCUT2D eigenvalue weighted by molar-refractivity contribution is -0.117. The van der Waals surface area contributed by atoms with E-state index in [2.05, 4.69) is 46.4 Å². The van der Waals surface area contributed by atoms with Gasteiger partial charge >= 0.3 is 0 Å². The van der Waals surface area contributed by atoms with Crippen LogP contribution in [0.15, 0.2) is 109 Å². The van der Waals surface area contributed by atoms with Gasteiger partial charge in [-0.15, -0.1) is 0 Å². The minimum Gasteiger partial charge on any atom is -0.342 e. The third kappa shape index (κ3) is 3.44. The Kier molecular flexibility index (Phi) is 4.73. The molecule has 1 N–H and O–H groups in total. The summed E-state index contributed by atoms with van der Waals surface area (Å²) in [5, 5.41) is 4.70. The summed E-state index contributed by atoms with van der Waals surface area (Å²) in [4.78, 5) is 25.7. The Labute approximate surface area is 196 Å². The van der Waals surface area contributed by atoms with Crippen LogP contribution in [0.25, 0.3) is 27.8 Å². The Bertz CT molecular complexity index is 1600. The van der Waals surface area contributed by atoms with Gasteiger partial charge in [-0.05, 0) is 46.7 Å². The number of para-hydroxylation sites is 2. The van der Waals surface area contributed by atoms with Gasteiger partial charge in [0.25, 0.3) is 11.8 Å². The van der Waals surface area contributed by atoms with Crippen LogP contribution in [-0.4, -0.2) is 16.4 Å². The molecule has 0 unspecified atom stereocenters. The number of carbonyl (C=O) groups is 2. The van der Waals surface area contributed by atoms with E-state index in [1.54, 1.807) is 18.2 Å². The fraction of sp³-hybridized carbons (Fsp3) is 0.0345. The van der Waals surface area contributed by atoms with Gasteiger partial charge in [0.2, 0.25) is 0 Å². The number of hydrazine groups is 1. The average Bonchev–Trinajstić information content (AvgIpc) is 3.36. The number of nitrogens with zero attached hydrogens (tertiary/aromatic N) is 2. The first kappa shape index (κ1) is 20.0. The summed E-state index contributed by atoms with van der Waals surface area (Å²) in [6.07, 6.45) is 3.71. The van der Waals surface area contributed by atoms with E-state index in [1.807, 2.05) is 54.7 Å². The molecule has 1 aliphatic rings. The quantitative estimate of drug-likeness (QED) is 0.303. The van der Waals surface area contributed by atoms with Gasteiger partial charge in [0, 0.05) is 29.2 Å². The van der Waals surface area contributed by atoms with E-state index in [0.29, 0.717) is 12.2 Å². The largest absolute Gasteiger partial charge is 0.342 e. The second-order valence-electron chi connectivity index (χ2n) is 8.39. The summed E-state index contributed by atoms with van der Waals surface area (Å²) in [6, 6.07) is 31.9. The number of anilines is 1. The summed E-state index contributed by atoms with van der Waals surface area (Å²) in [5.74, 6) is -0.761. The summed E-state index contributed by atoms with van der Waals surface area (Å²) >= 11 is 0. The third-order valence-electron chi connectivity index (χ3n) is 6.19. The first-order chi connectivity index (χ1) is 16.7. The molecule has 0 bridgehead atoms. The van der Waals surface area contributed by atoms with Gasteiger partial charge < -0.3 is 4.57 Å². The molecule has 2 heterocycles. The van der Waals surface area contributed by atoms with E-state index < -0.39 is 5.91 Å². The zero-order chi connectivity index (χ0) is 23.1. The molecule has 5 heteroatoms. The highest BCUT2D eigenvalue weighted by atomic mass is 16.2. The molecule has 0 aliphatic carbocycles. The number of benzene rings is 4. The van der Waals surface area contributed by atoms with Crippen LogP contribution in [0.2, 0.25) is 0 Å². The second kappa shape index (κ2) is 8.05. The van der Waals surface area contributed by atoms with Crippen LogP contribution in [0.1, 0.15) is 11.1 Å². The lowest BCUT2D eigenvalue weighted by atomic mass is 10.1. The zero-order valence-electron chi connectivity index (χ0n) is 18.3. The molecule has 0 spiro atoms. The van der Waals surface area contributed by atoms with E-state index in [4.69, 9.17) is 0 Å². The number of hydrogen-bond acceptors (Lipinski definition) is 2. The predicted octanol–water partition coefficient (Wildman–Crippen LogP) is 5.30. The maximum Gasteiger partial charge on any atom is 0.282 e. The van der Waals surface area contributed by atoms with Gasteiger partial charge in [-0.3, -0.25) is 15.0 Å². The standard InChI is InChI=1S/C29H21N3O2/c33-28-26(29(34)32(30-28)24-10-2-1-3-11-24)17-23-19-31(27-13-7-6-12-25(23)27)18-20-14-15-21-8-4-5-9-22(21)16-20/h1-17,19H,18H2,(H,30,33)/b26-17+.